The Balaban J connectivity index is 1.95. The van der Waals surface area contributed by atoms with Crippen LogP contribution in [-0.4, -0.2) is 33.4 Å². The molecule has 1 fully saturated rings. The molecular formula is C15H24N2O2. The van der Waals surface area contributed by atoms with Crippen molar-refractivity contribution in [3.8, 4) is 11.5 Å². The Morgan fingerprint density at radius 3 is 2.74 bits per heavy atom. The van der Waals surface area contributed by atoms with Crippen LogP contribution >= 0.6 is 0 Å². The molecule has 1 aliphatic rings. The van der Waals surface area contributed by atoms with Crippen molar-refractivity contribution in [2.75, 3.05) is 27.3 Å². The summed E-state index contributed by atoms with van der Waals surface area (Å²) in [7, 11) is 3.33. The average Bonchev–Trinajstić information content (AvgIpc) is 2.97. The van der Waals surface area contributed by atoms with Gasteiger partial charge in [-0.15, -0.1) is 0 Å². The second-order valence-corrected chi connectivity index (χ2v) is 5.04. The molecular weight excluding hydrogens is 240 g/mol. The monoisotopic (exact) mass is 264 g/mol. The molecule has 1 saturated heterocycles. The zero-order chi connectivity index (χ0) is 13.7. The van der Waals surface area contributed by atoms with Gasteiger partial charge in [-0.3, -0.25) is 0 Å². The van der Waals surface area contributed by atoms with Gasteiger partial charge in [-0.2, -0.15) is 0 Å². The molecule has 2 atom stereocenters. The van der Waals surface area contributed by atoms with Crippen molar-refractivity contribution in [1.82, 2.24) is 10.6 Å². The van der Waals surface area contributed by atoms with E-state index in [4.69, 9.17) is 9.47 Å². The van der Waals surface area contributed by atoms with Gasteiger partial charge >= 0.3 is 0 Å². The zero-order valence-electron chi connectivity index (χ0n) is 12.0. The van der Waals surface area contributed by atoms with Crippen LogP contribution in [0, 0.1) is 0 Å². The largest absolute Gasteiger partial charge is 0.493 e. The van der Waals surface area contributed by atoms with Crippen molar-refractivity contribution in [1.29, 1.82) is 0 Å². The third-order valence-electron chi connectivity index (χ3n) is 3.74. The topological polar surface area (TPSA) is 42.5 Å². The van der Waals surface area contributed by atoms with Crippen molar-refractivity contribution < 1.29 is 9.47 Å². The second-order valence-electron chi connectivity index (χ2n) is 5.04. The molecule has 1 aromatic rings. The maximum absolute atomic E-state index is 5.34. The van der Waals surface area contributed by atoms with E-state index < -0.39 is 0 Å². The average molecular weight is 264 g/mol. The minimum Gasteiger partial charge on any atom is -0.493 e. The molecule has 19 heavy (non-hydrogen) atoms. The first kappa shape index (κ1) is 14.2. The molecule has 0 aromatic heterocycles. The van der Waals surface area contributed by atoms with Gasteiger partial charge in [0.15, 0.2) is 11.5 Å². The van der Waals surface area contributed by atoms with Gasteiger partial charge in [0.1, 0.15) is 0 Å². The van der Waals surface area contributed by atoms with Crippen LogP contribution < -0.4 is 20.1 Å². The van der Waals surface area contributed by atoms with Crippen LogP contribution in [0.2, 0.25) is 0 Å². The molecule has 2 N–H and O–H groups in total. The molecule has 106 valence electrons. The maximum Gasteiger partial charge on any atom is 0.161 e. The number of methoxy groups -OCH3 is 2. The molecule has 1 heterocycles. The summed E-state index contributed by atoms with van der Waals surface area (Å²) in [6, 6.07) is 7.00. The Kier molecular flexibility index (Phi) is 5.05. The molecule has 0 radical (unpaired) electrons. The fourth-order valence-corrected chi connectivity index (χ4v) is 2.49. The lowest BCUT2D eigenvalue weighted by Crippen LogP contribution is -2.35. The van der Waals surface area contributed by atoms with Gasteiger partial charge in [0, 0.05) is 18.6 Å². The standard InChI is InChI=1S/C15H24N2O2/c1-11(17-10-13-5-4-8-16-13)12-6-7-14(18-2)15(9-12)19-3/h6-7,9,11,13,16-17H,4-5,8,10H2,1-3H3. The highest BCUT2D eigenvalue weighted by Gasteiger charge is 2.15. The summed E-state index contributed by atoms with van der Waals surface area (Å²) in [6.45, 7) is 4.34. The molecule has 0 amide bonds. The van der Waals surface area contributed by atoms with Crippen LogP contribution in [0.25, 0.3) is 0 Å². The minimum atomic E-state index is 0.308. The van der Waals surface area contributed by atoms with Crippen LogP contribution in [0.4, 0.5) is 0 Å². The highest BCUT2D eigenvalue weighted by atomic mass is 16.5. The number of rotatable bonds is 6. The minimum absolute atomic E-state index is 0.308. The van der Waals surface area contributed by atoms with Crippen molar-refractivity contribution in [2.45, 2.75) is 31.8 Å². The Morgan fingerprint density at radius 2 is 2.11 bits per heavy atom. The van der Waals surface area contributed by atoms with Gasteiger partial charge < -0.3 is 20.1 Å². The fraction of sp³-hybridized carbons (Fsp3) is 0.600. The smallest absolute Gasteiger partial charge is 0.161 e. The quantitative estimate of drug-likeness (QED) is 0.826. The highest BCUT2D eigenvalue weighted by Crippen LogP contribution is 2.29. The normalized spacial score (nSPS) is 20.3. The second kappa shape index (κ2) is 6.78. The summed E-state index contributed by atoms with van der Waals surface area (Å²) in [5.74, 6) is 1.56. The van der Waals surface area contributed by atoms with E-state index in [0.29, 0.717) is 12.1 Å². The van der Waals surface area contributed by atoms with Gasteiger partial charge in [-0.05, 0) is 44.0 Å². The van der Waals surface area contributed by atoms with Crippen LogP contribution in [0.1, 0.15) is 31.4 Å². The molecule has 2 rings (SSSR count). The van der Waals surface area contributed by atoms with Gasteiger partial charge in [-0.1, -0.05) is 6.07 Å². The van der Waals surface area contributed by atoms with Gasteiger partial charge in [-0.25, -0.2) is 0 Å². The summed E-state index contributed by atoms with van der Waals surface area (Å²) >= 11 is 0. The van der Waals surface area contributed by atoms with E-state index >= 15 is 0 Å². The molecule has 1 aliphatic heterocycles. The third kappa shape index (κ3) is 3.61. The first-order chi connectivity index (χ1) is 9.24. The maximum atomic E-state index is 5.34. The SMILES string of the molecule is COc1ccc(C(C)NCC2CCCN2)cc1OC. The van der Waals surface area contributed by atoms with Crippen LogP contribution in [0.5, 0.6) is 11.5 Å². The molecule has 0 aliphatic carbocycles. The predicted molar refractivity (Wildman–Crippen MR) is 77.0 cm³/mol. The molecule has 1 aromatic carbocycles. The summed E-state index contributed by atoms with van der Waals surface area (Å²) < 4.78 is 10.6. The lowest BCUT2D eigenvalue weighted by molar-refractivity contribution is 0.354. The van der Waals surface area contributed by atoms with Crippen molar-refractivity contribution in [3.63, 3.8) is 0 Å². The number of nitrogens with one attached hydrogen (secondary N) is 2. The third-order valence-corrected chi connectivity index (χ3v) is 3.74. The molecule has 4 nitrogen and oxygen atoms in total. The molecule has 4 heteroatoms. The van der Waals surface area contributed by atoms with Crippen LogP contribution in [0.3, 0.4) is 0 Å². The van der Waals surface area contributed by atoms with Gasteiger partial charge in [0.2, 0.25) is 0 Å². The van der Waals surface area contributed by atoms with Gasteiger partial charge in [0.25, 0.3) is 0 Å². The van der Waals surface area contributed by atoms with Crippen LogP contribution in [-0.2, 0) is 0 Å². The van der Waals surface area contributed by atoms with Gasteiger partial charge in [0.05, 0.1) is 14.2 Å². The Labute approximate surface area is 115 Å². The molecule has 2 unspecified atom stereocenters. The Morgan fingerprint density at radius 1 is 1.32 bits per heavy atom. The first-order valence-electron chi connectivity index (χ1n) is 6.93. The number of benzene rings is 1. The lowest BCUT2D eigenvalue weighted by Gasteiger charge is -2.19. The van der Waals surface area contributed by atoms with Crippen LogP contribution in [0.15, 0.2) is 18.2 Å². The van der Waals surface area contributed by atoms with E-state index in [2.05, 4.69) is 23.6 Å². The lowest BCUT2D eigenvalue weighted by atomic mass is 10.1. The highest BCUT2D eigenvalue weighted by molar-refractivity contribution is 5.43. The van der Waals surface area contributed by atoms with E-state index in [1.807, 2.05) is 12.1 Å². The van der Waals surface area contributed by atoms with Crippen molar-refractivity contribution in [2.24, 2.45) is 0 Å². The van der Waals surface area contributed by atoms with E-state index in [-0.39, 0.29) is 0 Å². The van der Waals surface area contributed by atoms with E-state index in [9.17, 15) is 0 Å². The number of ether oxygens (including phenoxy) is 2. The predicted octanol–water partition coefficient (Wildman–Crippen LogP) is 2.11. The fourth-order valence-electron chi connectivity index (χ4n) is 2.49. The summed E-state index contributed by atoms with van der Waals surface area (Å²) in [6.07, 6.45) is 2.56. The molecule has 0 saturated carbocycles. The summed E-state index contributed by atoms with van der Waals surface area (Å²) in [5, 5.41) is 7.07. The summed E-state index contributed by atoms with van der Waals surface area (Å²) in [4.78, 5) is 0. The summed E-state index contributed by atoms with van der Waals surface area (Å²) in [5.41, 5.74) is 1.22. The van der Waals surface area contributed by atoms with E-state index in [1.165, 1.54) is 18.4 Å². The van der Waals surface area contributed by atoms with Crippen molar-refractivity contribution in [3.05, 3.63) is 23.8 Å². The first-order valence-corrected chi connectivity index (χ1v) is 6.93. The zero-order valence-corrected chi connectivity index (χ0v) is 12.0. The van der Waals surface area contributed by atoms with Crippen molar-refractivity contribution >= 4 is 0 Å². The molecule has 0 bridgehead atoms. The molecule has 0 spiro atoms. The van der Waals surface area contributed by atoms with E-state index in [1.54, 1.807) is 14.2 Å². The Hall–Kier alpha value is -1.26. The number of hydrogen-bond acceptors (Lipinski definition) is 4. The Bertz CT molecular complexity index is 403. The van der Waals surface area contributed by atoms with E-state index in [0.717, 1.165) is 24.6 Å². The number of hydrogen-bond donors (Lipinski definition) is 2.